The SMILES string of the molecule is C=C1N(CC(=O)c2cc(OCCCOC)cc(C(C)(C)C)c2)C=C2C(C)=CC(OC(CC)CC)=NN12.Cl.[HH]. The minimum atomic E-state index is -0.122. The maximum absolute atomic E-state index is 13.4. The molecule has 0 spiro atoms. The minimum absolute atomic E-state index is 0. The van der Waals surface area contributed by atoms with Gasteiger partial charge in [-0.1, -0.05) is 41.2 Å². The summed E-state index contributed by atoms with van der Waals surface area (Å²) >= 11 is 0. The second-order valence-electron chi connectivity index (χ2n) is 10.3. The van der Waals surface area contributed by atoms with Gasteiger partial charge in [0.2, 0.25) is 5.90 Å². The van der Waals surface area contributed by atoms with E-state index in [-0.39, 0.29) is 37.7 Å². The van der Waals surface area contributed by atoms with E-state index < -0.39 is 0 Å². The molecular weight excluding hydrogens is 490 g/mol. The van der Waals surface area contributed by atoms with E-state index >= 15 is 0 Å². The monoisotopic (exact) mass is 533 g/mol. The summed E-state index contributed by atoms with van der Waals surface area (Å²) in [6, 6.07) is 5.81. The molecule has 37 heavy (non-hydrogen) atoms. The number of ether oxygens (including phenoxy) is 3. The summed E-state index contributed by atoms with van der Waals surface area (Å²) < 4.78 is 17.1. The zero-order valence-electron chi connectivity index (χ0n) is 23.3. The first-order valence-corrected chi connectivity index (χ1v) is 12.8. The van der Waals surface area contributed by atoms with Crippen LogP contribution in [-0.4, -0.2) is 54.6 Å². The third-order valence-corrected chi connectivity index (χ3v) is 6.39. The Hall–Kier alpha value is -2.77. The Labute approximate surface area is 229 Å². The number of rotatable bonds is 11. The van der Waals surface area contributed by atoms with Crippen molar-refractivity contribution in [2.75, 3.05) is 26.9 Å². The van der Waals surface area contributed by atoms with Crippen molar-refractivity contribution < 1.29 is 20.4 Å². The van der Waals surface area contributed by atoms with Crippen molar-refractivity contribution in [3.63, 3.8) is 0 Å². The van der Waals surface area contributed by atoms with Gasteiger partial charge in [-0.15, -0.1) is 17.5 Å². The van der Waals surface area contributed by atoms with Gasteiger partial charge in [-0.25, -0.2) is 5.01 Å². The normalized spacial score (nSPS) is 15.1. The average molecular weight is 534 g/mol. The highest BCUT2D eigenvalue weighted by molar-refractivity contribution is 5.98. The van der Waals surface area contributed by atoms with Crippen LogP contribution in [0.5, 0.6) is 5.75 Å². The molecular formula is C29H44ClN3O4. The number of nitrogens with zero attached hydrogens (tertiary/aromatic N) is 3. The topological polar surface area (TPSA) is 63.6 Å². The number of carbonyl (C=O) groups excluding carboxylic acids is 1. The van der Waals surface area contributed by atoms with Crippen LogP contribution >= 0.6 is 12.4 Å². The molecule has 0 atom stereocenters. The molecule has 0 bridgehead atoms. The zero-order valence-corrected chi connectivity index (χ0v) is 24.1. The lowest BCUT2D eigenvalue weighted by atomic mass is 9.85. The van der Waals surface area contributed by atoms with Crippen molar-refractivity contribution in [2.24, 2.45) is 5.10 Å². The highest BCUT2D eigenvalue weighted by Gasteiger charge is 2.31. The van der Waals surface area contributed by atoms with Gasteiger partial charge < -0.3 is 19.1 Å². The molecule has 1 aromatic rings. The van der Waals surface area contributed by atoms with E-state index in [1.54, 1.807) is 12.1 Å². The van der Waals surface area contributed by atoms with Crippen LogP contribution in [0.15, 0.2) is 59.2 Å². The maximum atomic E-state index is 13.4. The number of hydrazone groups is 1. The van der Waals surface area contributed by atoms with Gasteiger partial charge in [-0.3, -0.25) is 4.79 Å². The van der Waals surface area contributed by atoms with Gasteiger partial charge in [0.1, 0.15) is 11.6 Å². The van der Waals surface area contributed by atoms with E-state index in [0.29, 0.717) is 36.2 Å². The molecule has 0 N–H and O–H groups in total. The quantitative estimate of drug-likeness (QED) is 0.234. The highest BCUT2D eigenvalue weighted by Crippen LogP contribution is 2.34. The van der Waals surface area contributed by atoms with Crippen LogP contribution < -0.4 is 4.74 Å². The van der Waals surface area contributed by atoms with Gasteiger partial charge in [-0.05, 0) is 54.5 Å². The molecule has 206 valence electrons. The highest BCUT2D eigenvalue weighted by atomic mass is 35.5. The number of allylic oxidation sites excluding steroid dienone is 1. The van der Waals surface area contributed by atoms with Gasteiger partial charge in [0.15, 0.2) is 5.78 Å². The van der Waals surface area contributed by atoms with E-state index in [1.807, 2.05) is 42.3 Å². The zero-order chi connectivity index (χ0) is 26.5. The number of ketones is 1. The fourth-order valence-electron chi connectivity index (χ4n) is 4.04. The lowest BCUT2D eigenvalue weighted by Gasteiger charge is -2.26. The predicted molar refractivity (Wildman–Crippen MR) is 153 cm³/mol. The van der Waals surface area contributed by atoms with Crippen molar-refractivity contribution in [2.45, 2.75) is 72.3 Å². The Balaban J connectivity index is 0.00000361. The molecule has 0 amide bonds. The molecule has 0 saturated carbocycles. The van der Waals surface area contributed by atoms with Gasteiger partial charge in [-0.2, -0.15) is 0 Å². The number of fused-ring (bicyclic) bond motifs is 1. The molecule has 0 saturated heterocycles. The predicted octanol–water partition coefficient (Wildman–Crippen LogP) is 6.66. The average Bonchev–Trinajstić information content (AvgIpc) is 3.15. The number of methoxy groups -OCH3 is 1. The molecule has 2 aliphatic rings. The molecule has 0 aliphatic carbocycles. The summed E-state index contributed by atoms with van der Waals surface area (Å²) in [6.07, 6.45) is 6.61. The summed E-state index contributed by atoms with van der Waals surface area (Å²) in [7, 11) is 1.68. The summed E-state index contributed by atoms with van der Waals surface area (Å²) in [5.74, 6) is 1.88. The first-order chi connectivity index (χ1) is 17.1. The number of carbonyl (C=O) groups is 1. The van der Waals surface area contributed by atoms with Crippen LogP contribution in [0, 0.1) is 0 Å². The number of hydrogen-bond acceptors (Lipinski definition) is 7. The number of halogens is 1. The van der Waals surface area contributed by atoms with Crippen molar-refractivity contribution in [1.29, 1.82) is 0 Å². The van der Waals surface area contributed by atoms with E-state index in [9.17, 15) is 4.79 Å². The Morgan fingerprint density at radius 3 is 2.49 bits per heavy atom. The summed E-state index contributed by atoms with van der Waals surface area (Å²) in [6.45, 7) is 18.1. The molecule has 7 nitrogen and oxygen atoms in total. The molecule has 0 fully saturated rings. The Morgan fingerprint density at radius 1 is 1.16 bits per heavy atom. The van der Waals surface area contributed by atoms with Crippen LogP contribution in [0.3, 0.4) is 0 Å². The number of Topliss-reactive ketones (excluding diaryl/α,β-unsaturated/α-hetero) is 1. The van der Waals surface area contributed by atoms with Crippen molar-refractivity contribution >= 4 is 24.1 Å². The van der Waals surface area contributed by atoms with Gasteiger partial charge >= 0.3 is 0 Å². The standard InChI is InChI=1S/C29H41N3O4.ClH.H2/c1-9-24(10-2)36-28-14-20(3)26-18-31(21(4)32(26)30-28)19-27(33)22-15-23(29(5,6)7)17-25(16-22)35-13-11-12-34-8;;/h14-18,24H,4,9-13,19H2,1-3,5-8H3;2*1H. The molecule has 1 aromatic carbocycles. The molecule has 2 aliphatic heterocycles. The van der Waals surface area contributed by atoms with Gasteiger partial charge in [0.05, 0.1) is 25.0 Å². The van der Waals surface area contributed by atoms with Crippen LogP contribution in [0.2, 0.25) is 0 Å². The molecule has 0 unspecified atom stereocenters. The fourth-order valence-corrected chi connectivity index (χ4v) is 4.04. The summed E-state index contributed by atoms with van der Waals surface area (Å²) in [5.41, 5.74) is 3.47. The third-order valence-electron chi connectivity index (χ3n) is 6.39. The van der Waals surface area contributed by atoms with Crippen LogP contribution in [-0.2, 0) is 14.9 Å². The van der Waals surface area contributed by atoms with Crippen molar-refractivity contribution in [1.82, 2.24) is 9.91 Å². The number of benzene rings is 1. The Bertz CT molecular complexity index is 1070. The molecule has 8 heteroatoms. The first-order valence-electron chi connectivity index (χ1n) is 12.8. The third kappa shape index (κ3) is 7.62. The van der Waals surface area contributed by atoms with E-state index in [1.165, 1.54) is 0 Å². The Kier molecular flexibility index (Phi) is 10.8. The lowest BCUT2D eigenvalue weighted by Crippen LogP contribution is -2.28. The van der Waals surface area contributed by atoms with E-state index in [2.05, 4.69) is 46.3 Å². The van der Waals surface area contributed by atoms with Crippen LogP contribution in [0.25, 0.3) is 0 Å². The maximum Gasteiger partial charge on any atom is 0.232 e. The minimum Gasteiger partial charge on any atom is -0.493 e. The van der Waals surface area contributed by atoms with Crippen molar-refractivity contribution in [3.8, 4) is 5.75 Å². The molecule has 3 rings (SSSR count). The largest absolute Gasteiger partial charge is 0.493 e. The van der Waals surface area contributed by atoms with Gasteiger partial charge in [0.25, 0.3) is 0 Å². The van der Waals surface area contributed by atoms with E-state index in [4.69, 9.17) is 14.2 Å². The van der Waals surface area contributed by atoms with Crippen molar-refractivity contribution in [3.05, 3.63) is 65.3 Å². The second-order valence-corrected chi connectivity index (χ2v) is 10.3. The van der Waals surface area contributed by atoms with Gasteiger partial charge in [0, 0.05) is 39.4 Å². The van der Waals surface area contributed by atoms with Crippen LogP contribution in [0.1, 0.15) is 78.2 Å². The molecule has 2 heterocycles. The first kappa shape index (κ1) is 30.5. The fraction of sp³-hybridized carbons (Fsp3) is 0.517. The molecule has 0 radical (unpaired) electrons. The number of hydrogen-bond donors (Lipinski definition) is 0. The smallest absolute Gasteiger partial charge is 0.232 e. The molecule has 0 aromatic heterocycles. The lowest BCUT2D eigenvalue weighted by molar-refractivity contribution is 0.0961. The summed E-state index contributed by atoms with van der Waals surface area (Å²) in [4.78, 5) is 15.3. The summed E-state index contributed by atoms with van der Waals surface area (Å²) in [5, 5.41) is 6.41. The second kappa shape index (κ2) is 13.2. The van der Waals surface area contributed by atoms with E-state index in [0.717, 1.165) is 36.1 Å². The van der Waals surface area contributed by atoms with Crippen LogP contribution in [0.4, 0.5) is 0 Å². The Morgan fingerprint density at radius 2 is 1.86 bits per heavy atom.